The number of hydrogen-bond acceptors (Lipinski definition) is 1. The largest absolute Gasteiger partial charge is 0.435 e. The molecule has 0 amide bonds. The van der Waals surface area contributed by atoms with Crippen molar-refractivity contribution in [3.8, 4) is 28.7 Å². The van der Waals surface area contributed by atoms with E-state index in [9.17, 15) is 8.78 Å². The highest BCUT2D eigenvalue weighted by Crippen LogP contribution is 2.23. The van der Waals surface area contributed by atoms with Crippen LogP contribution in [-0.4, -0.2) is 6.61 Å². The second-order valence-electron chi connectivity index (χ2n) is 4.89. The van der Waals surface area contributed by atoms with E-state index in [0.717, 1.165) is 36.0 Å². The van der Waals surface area contributed by atoms with Gasteiger partial charge in [-0.25, -0.2) is 0 Å². The maximum Gasteiger partial charge on any atom is 0.387 e. The van der Waals surface area contributed by atoms with Crippen LogP contribution in [0.3, 0.4) is 0 Å². The van der Waals surface area contributed by atoms with E-state index in [1.165, 1.54) is 0 Å². The molecular formula is C19H18F2O. The van der Waals surface area contributed by atoms with Crippen molar-refractivity contribution in [1.82, 2.24) is 0 Å². The van der Waals surface area contributed by atoms with Crippen LogP contribution in [0.2, 0.25) is 0 Å². The molecule has 0 atom stereocenters. The van der Waals surface area contributed by atoms with Crippen LogP contribution in [0.4, 0.5) is 8.78 Å². The molecule has 2 rings (SSSR count). The fourth-order valence-electron chi connectivity index (χ4n) is 2.00. The summed E-state index contributed by atoms with van der Waals surface area (Å²) in [6, 6.07) is 14.5. The molecule has 0 aromatic heterocycles. The number of hydrogen-bond donors (Lipinski definition) is 0. The highest BCUT2D eigenvalue weighted by molar-refractivity contribution is 5.65. The molecular weight excluding hydrogens is 282 g/mol. The predicted octanol–water partition coefficient (Wildman–Crippen LogP) is 5.50. The molecule has 0 saturated heterocycles. The number of unbranched alkanes of at least 4 members (excludes halogenated alkanes) is 2. The first-order valence-corrected chi connectivity index (χ1v) is 7.33. The zero-order chi connectivity index (χ0) is 15.8. The molecule has 0 bridgehead atoms. The van der Waals surface area contributed by atoms with Crippen LogP contribution < -0.4 is 4.74 Å². The summed E-state index contributed by atoms with van der Waals surface area (Å²) < 4.78 is 28.5. The predicted molar refractivity (Wildman–Crippen MR) is 84.9 cm³/mol. The summed E-state index contributed by atoms with van der Waals surface area (Å²) in [6.45, 7) is -0.648. The van der Waals surface area contributed by atoms with E-state index in [4.69, 9.17) is 0 Å². The molecule has 0 fully saturated rings. The molecule has 0 aliphatic heterocycles. The van der Waals surface area contributed by atoms with E-state index in [2.05, 4.69) is 23.5 Å². The molecule has 0 saturated carbocycles. The lowest BCUT2D eigenvalue weighted by atomic mass is 10.0. The molecule has 0 spiro atoms. The van der Waals surface area contributed by atoms with E-state index >= 15 is 0 Å². The molecule has 22 heavy (non-hydrogen) atoms. The maximum absolute atomic E-state index is 12.1. The molecule has 0 heterocycles. The van der Waals surface area contributed by atoms with Crippen molar-refractivity contribution >= 4 is 0 Å². The van der Waals surface area contributed by atoms with Gasteiger partial charge in [0.2, 0.25) is 0 Å². The van der Waals surface area contributed by atoms with E-state index < -0.39 is 6.61 Å². The van der Waals surface area contributed by atoms with Crippen LogP contribution in [0.15, 0.2) is 48.5 Å². The summed E-state index contributed by atoms with van der Waals surface area (Å²) >= 11 is 0. The number of rotatable bonds is 5. The monoisotopic (exact) mass is 300 g/mol. The average molecular weight is 300 g/mol. The summed E-state index contributed by atoms with van der Waals surface area (Å²) in [7, 11) is 0. The van der Waals surface area contributed by atoms with Gasteiger partial charge in [0.15, 0.2) is 0 Å². The molecule has 0 radical (unpaired) electrons. The van der Waals surface area contributed by atoms with Crippen LogP contribution in [0.25, 0.3) is 11.1 Å². The smallest absolute Gasteiger partial charge is 0.387 e. The Labute approximate surface area is 129 Å². The first kappa shape index (κ1) is 16.0. The van der Waals surface area contributed by atoms with Gasteiger partial charge in [0, 0.05) is 12.0 Å². The molecule has 3 heteroatoms. The van der Waals surface area contributed by atoms with Crippen molar-refractivity contribution in [2.24, 2.45) is 0 Å². The van der Waals surface area contributed by atoms with Gasteiger partial charge in [-0.1, -0.05) is 49.5 Å². The number of benzene rings is 2. The Bertz CT molecular complexity index is 634. The van der Waals surface area contributed by atoms with Crippen molar-refractivity contribution in [3.05, 3.63) is 54.1 Å². The van der Waals surface area contributed by atoms with Crippen molar-refractivity contribution in [2.45, 2.75) is 32.8 Å². The Hall–Kier alpha value is -2.34. The topological polar surface area (TPSA) is 9.23 Å². The van der Waals surface area contributed by atoms with E-state index in [-0.39, 0.29) is 5.75 Å². The minimum absolute atomic E-state index is 0.164. The average Bonchev–Trinajstić information content (AvgIpc) is 2.52. The van der Waals surface area contributed by atoms with Gasteiger partial charge in [-0.05, 0) is 41.8 Å². The molecule has 0 aliphatic carbocycles. The Morgan fingerprint density at radius 2 is 1.55 bits per heavy atom. The van der Waals surface area contributed by atoms with Gasteiger partial charge in [0.25, 0.3) is 0 Å². The third-order valence-electron chi connectivity index (χ3n) is 3.19. The van der Waals surface area contributed by atoms with Crippen LogP contribution in [0.1, 0.15) is 31.7 Å². The summed E-state index contributed by atoms with van der Waals surface area (Å²) in [5.74, 6) is 6.45. The van der Waals surface area contributed by atoms with Crippen molar-refractivity contribution < 1.29 is 13.5 Å². The Balaban J connectivity index is 2.04. The van der Waals surface area contributed by atoms with Crippen LogP contribution in [0.5, 0.6) is 5.75 Å². The number of alkyl halides is 2. The third-order valence-corrected chi connectivity index (χ3v) is 3.19. The molecule has 2 aromatic carbocycles. The van der Waals surface area contributed by atoms with Crippen molar-refractivity contribution in [2.75, 3.05) is 0 Å². The van der Waals surface area contributed by atoms with Gasteiger partial charge in [-0.15, -0.1) is 0 Å². The molecule has 0 aliphatic rings. The Morgan fingerprint density at radius 3 is 2.09 bits per heavy atom. The van der Waals surface area contributed by atoms with Crippen molar-refractivity contribution in [3.63, 3.8) is 0 Å². The van der Waals surface area contributed by atoms with Crippen LogP contribution in [-0.2, 0) is 0 Å². The summed E-state index contributed by atoms with van der Waals surface area (Å²) in [5, 5.41) is 0. The number of halogens is 2. The lowest BCUT2D eigenvalue weighted by molar-refractivity contribution is -0.0498. The minimum Gasteiger partial charge on any atom is -0.435 e. The SMILES string of the molecule is CCCCC#Cc1ccc(-c2ccc(OC(F)F)cc2)cc1. The standard InChI is InChI=1S/C19H18F2O/c1-2-3-4-5-6-15-7-9-16(10-8-15)17-11-13-18(14-12-17)22-19(20)21/h7-14,19H,2-4H2,1H3. The minimum atomic E-state index is -2.79. The molecule has 1 nitrogen and oxygen atoms in total. The molecule has 0 N–H and O–H groups in total. The van der Waals surface area contributed by atoms with Crippen molar-refractivity contribution in [1.29, 1.82) is 0 Å². The Kier molecular flexibility index (Phi) is 5.97. The zero-order valence-electron chi connectivity index (χ0n) is 12.5. The Morgan fingerprint density at radius 1 is 0.955 bits per heavy atom. The molecule has 2 aromatic rings. The molecule has 114 valence electrons. The van der Waals surface area contributed by atoms with E-state index in [1.54, 1.807) is 24.3 Å². The van der Waals surface area contributed by atoms with Crippen LogP contribution in [0, 0.1) is 11.8 Å². The maximum atomic E-state index is 12.1. The number of ether oxygens (including phenoxy) is 1. The summed E-state index contributed by atoms with van der Waals surface area (Å²) in [6.07, 6.45) is 3.20. The fourth-order valence-corrected chi connectivity index (χ4v) is 2.00. The van der Waals surface area contributed by atoms with Gasteiger partial charge >= 0.3 is 6.61 Å². The molecule has 0 unspecified atom stereocenters. The first-order chi connectivity index (χ1) is 10.7. The second-order valence-corrected chi connectivity index (χ2v) is 4.89. The second kappa shape index (κ2) is 8.19. The van der Waals surface area contributed by atoms with Gasteiger partial charge in [-0.3, -0.25) is 0 Å². The highest BCUT2D eigenvalue weighted by Gasteiger charge is 2.04. The van der Waals surface area contributed by atoms with Gasteiger partial charge in [0.1, 0.15) is 5.75 Å². The fraction of sp³-hybridized carbons (Fsp3) is 0.263. The van der Waals surface area contributed by atoms with E-state index in [0.29, 0.717) is 0 Å². The summed E-state index contributed by atoms with van der Waals surface area (Å²) in [5.41, 5.74) is 2.95. The van der Waals surface area contributed by atoms with Gasteiger partial charge < -0.3 is 4.74 Å². The van der Waals surface area contributed by atoms with Crippen LogP contribution >= 0.6 is 0 Å². The third kappa shape index (κ3) is 4.89. The quantitative estimate of drug-likeness (QED) is 0.523. The van der Waals surface area contributed by atoms with Gasteiger partial charge in [0.05, 0.1) is 0 Å². The lowest BCUT2D eigenvalue weighted by Crippen LogP contribution is -2.01. The normalized spacial score (nSPS) is 10.2. The van der Waals surface area contributed by atoms with Gasteiger partial charge in [-0.2, -0.15) is 8.78 Å². The first-order valence-electron chi connectivity index (χ1n) is 7.33. The highest BCUT2D eigenvalue weighted by atomic mass is 19.3. The lowest BCUT2D eigenvalue weighted by Gasteiger charge is -2.06. The summed E-state index contributed by atoms with van der Waals surface area (Å²) in [4.78, 5) is 0. The zero-order valence-corrected chi connectivity index (χ0v) is 12.5. The van der Waals surface area contributed by atoms with E-state index in [1.807, 2.05) is 24.3 Å².